The lowest BCUT2D eigenvalue weighted by atomic mass is 9.86. The van der Waals surface area contributed by atoms with Gasteiger partial charge in [-0.2, -0.15) is 0 Å². The summed E-state index contributed by atoms with van der Waals surface area (Å²) in [4.78, 5) is 34.5. The lowest BCUT2D eigenvalue weighted by Gasteiger charge is -2.31. The number of pyridine rings is 2. The Balaban J connectivity index is 1.55. The predicted molar refractivity (Wildman–Crippen MR) is 118 cm³/mol. The van der Waals surface area contributed by atoms with Gasteiger partial charge in [0.25, 0.3) is 5.56 Å². The number of nitrogens with zero attached hydrogens (tertiary/aromatic N) is 4. The number of aromatic nitrogens is 4. The third-order valence-electron chi connectivity index (χ3n) is 6.68. The summed E-state index contributed by atoms with van der Waals surface area (Å²) in [5.41, 5.74) is 1.81. The van der Waals surface area contributed by atoms with E-state index in [2.05, 4.69) is 4.98 Å². The summed E-state index contributed by atoms with van der Waals surface area (Å²) in [6, 6.07) is 6.98. The minimum atomic E-state index is -1.86. The largest absolute Gasteiger partial charge is 0.508 e. The van der Waals surface area contributed by atoms with Gasteiger partial charge < -0.3 is 24.1 Å². The second-order valence-electron chi connectivity index (χ2n) is 8.46. The number of carbonyl (C=O) groups is 1. The van der Waals surface area contributed by atoms with Crippen LogP contribution in [0.3, 0.4) is 0 Å². The average molecular weight is 444 g/mol. The fraction of sp³-hybridized carbons (Fsp3) is 0.250. The Hall–Kier alpha value is -3.98. The molecule has 0 aliphatic carbocycles. The van der Waals surface area contributed by atoms with Crippen LogP contribution < -0.4 is 5.56 Å². The zero-order valence-corrected chi connectivity index (χ0v) is 17.8. The number of phenolic OH excluding ortho intramolecular Hbond substituents is 1. The van der Waals surface area contributed by atoms with Gasteiger partial charge in [0.15, 0.2) is 5.60 Å². The third-order valence-corrected chi connectivity index (χ3v) is 6.68. The second-order valence-corrected chi connectivity index (χ2v) is 8.46. The molecule has 0 bridgehead atoms. The number of imidazole rings is 1. The van der Waals surface area contributed by atoms with Crippen LogP contribution in [0, 0.1) is 0 Å². The van der Waals surface area contributed by atoms with E-state index in [9.17, 15) is 19.8 Å². The Bertz CT molecular complexity index is 1520. The maximum Gasteiger partial charge on any atom is 0.343 e. The van der Waals surface area contributed by atoms with E-state index in [1.807, 2.05) is 16.8 Å². The molecule has 5 heterocycles. The van der Waals surface area contributed by atoms with Gasteiger partial charge in [0.2, 0.25) is 0 Å². The van der Waals surface area contributed by atoms with E-state index in [4.69, 9.17) is 9.72 Å². The van der Waals surface area contributed by atoms with Gasteiger partial charge in [-0.1, -0.05) is 6.92 Å². The minimum absolute atomic E-state index is 0.0939. The first-order valence-corrected chi connectivity index (χ1v) is 10.7. The predicted octanol–water partition coefficient (Wildman–Crippen LogP) is 2.03. The van der Waals surface area contributed by atoms with Crippen LogP contribution in [0.2, 0.25) is 0 Å². The number of benzene rings is 1. The summed E-state index contributed by atoms with van der Waals surface area (Å²) < 4.78 is 8.57. The lowest BCUT2D eigenvalue weighted by molar-refractivity contribution is -0.172. The Labute approximate surface area is 187 Å². The van der Waals surface area contributed by atoms with Crippen molar-refractivity contribution in [2.24, 2.45) is 0 Å². The summed E-state index contributed by atoms with van der Waals surface area (Å²) in [5.74, 6) is -0.587. The second kappa shape index (κ2) is 6.76. The van der Waals surface area contributed by atoms with Crippen molar-refractivity contribution in [1.82, 2.24) is 19.1 Å². The Kier molecular flexibility index (Phi) is 4.03. The number of aromatic hydroxyl groups is 1. The van der Waals surface area contributed by atoms with Crippen molar-refractivity contribution >= 4 is 16.9 Å². The highest BCUT2D eigenvalue weighted by molar-refractivity contribution is 5.89. The summed E-state index contributed by atoms with van der Waals surface area (Å²) in [7, 11) is 0. The number of rotatable bonds is 3. The molecule has 0 saturated carbocycles. The first-order chi connectivity index (χ1) is 15.9. The van der Waals surface area contributed by atoms with Gasteiger partial charge >= 0.3 is 5.97 Å². The molecule has 4 aromatic rings. The van der Waals surface area contributed by atoms with Gasteiger partial charge in [-0.15, -0.1) is 0 Å². The molecular formula is C24H20N4O5. The van der Waals surface area contributed by atoms with E-state index >= 15 is 0 Å². The van der Waals surface area contributed by atoms with Gasteiger partial charge in [-0.05, 0) is 30.7 Å². The zero-order chi connectivity index (χ0) is 22.9. The first-order valence-electron chi connectivity index (χ1n) is 10.7. The van der Waals surface area contributed by atoms with Crippen LogP contribution in [0.5, 0.6) is 5.75 Å². The molecule has 1 aromatic carbocycles. The fourth-order valence-electron chi connectivity index (χ4n) is 4.83. The van der Waals surface area contributed by atoms with Crippen molar-refractivity contribution in [3.63, 3.8) is 0 Å². The van der Waals surface area contributed by atoms with Gasteiger partial charge in [-0.25, -0.2) is 14.8 Å². The molecule has 0 amide bonds. The van der Waals surface area contributed by atoms with E-state index in [0.29, 0.717) is 46.7 Å². The van der Waals surface area contributed by atoms with E-state index in [1.165, 1.54) is 0 Å². The number of hydrogen-bond donors (Lipinski definition) is 2. The molecule has 2 aliphatic heterocycles. The molecule has 9 heteroatoms. The Morgan fingerprint density at radius 2 is 2.09 bits per heavy atom. The molecule has 2 aliphatic rings. The van der Waals surface area contributed by atoms with Crippen LogP contribution in [0.25, 0.3) is 22.3 Å². The molecule has 3 aromatic heterocycles. The standard InChI is InChI=1S/C24H20N4O5/c1-2-24(32)17-8-19-21-13(9-28(19)22(30)16(17)11-33-23(24)31)7-14-15(10-27-6-5-25-12-27)20(29)4-3-18(14)26-21/h3-8,12,29,32H,2,9-11H2,1H3/t24-/m0/s1. The first kappa shape index (κ1) is 19.7. The molecule has 33 heavy (non-hydrogen) atoms. The highest BCUT2D eigenvalue weighted by atomic mass is 16.6. The van der Waals surface area contributed by atoms with E-state index in [0.717, 1.165) is 10.9 Å². The van der Waals surface area contributed by atoms with Crippen molar-refractivity contribution < 1.29 is 19.7 Å². The summed E-state index contributed by atoms with van der Waals surface area (Å²) in [6.07, 6.45) is 5.26. The van der Waals surface area contributed by atoms with E-state index in [1.54, 1.807) is 42.2 Å². The van der Waals surface area contributed by atoms with Crippen LogP contribution in [-0.2, 0) is 34.8 Å². The topological polar surface area (TPSA) is 119 Å². The summed E-state index contributed by atoms with van der Waals surface area (Å²) in [6.45, 7) is 2.24. The maximum absolute atomic E-state index is 13.3. The number of aliphatic hydroxyl groups is 1. The van der Waals surface area contributed by atoms with Crippen molar-refractivity contribution in [1.29, 1.82) is 0 Å². The van der Waals surface area contributed by atoms with Crippen LogP contribution in [0.4, 0.5) is 0 Å². The Morgan fingerprint density at radius 3 is 2.85 bits per heavy atom. The summed E-state index contributed by atoms with van der Waals surface area (Å²) in [5, 5.41) is 22.3. The smallest absolute Gasteiger partial charge is 0.343 e. The molecule has 2 N–H and O–H groups in total. The molecule has 0 fully saturated rings. The lowest BCUT2D eigenvalue weighted by Crippen LogP contribution is -2.44. The number of cyclic esters (lactones) is 1. The molecule has 0 unspecified atom stereocenters. The monoisotopic (exact) mass is 444 g/mol. The number of fused-ring (bicyclic) bond motifs is 5. The van der Waals surface area contributed by atoms with Gasteiger partial charge in [0.1, 0.15) is 12.4 Å². The Morgan fingerprint density at radius 1 is 1.24 bits per heavy atom. The minimum Gasteiger partial charge on any atom is -0.508 e. The fourth-order valence-corrected chi connectivity index (χ4v) is 4.83. The molecule has 6 rings (SSSR count). The number of hydrogen-bond acceptors (Lipinski definition) is 7. The third kappa shape index (κ3) is 2.69. The number of carbonyl (C=O) groups excluding carboxylic acids is 1. The molecule has 0 saturated heterocycles. The van der Waals surface area contributed by atoms with Crippen molar-refractivity contribution in [2.45, 2.75) is 38.6 Å². The molecule has 166 valence electrons. The van der Waals surface area contributed by atoms with Crippen LogP contribution in [0.15, 0.2) is 47.8 Å². The molecular weight excluding hydrogens is 424 g/mol. The zero-order valence-electron chi connectivity index (χ0n) is 17.8. The van der Waals surface area contributed by atoms with Crippen molar-refractivity contribution in [3.05, 3.63) is 75.6 Å². The van der Waals surface area contributed by atoms with Crippen LogP contribution in [0.1, 0.15) is 35.6 Å². The van der Waals surface area contributed by atoms with Gasteiger partial charge in [-0.3, -0.25) is 4.79 Å². The summed E-state index contributed by atoms with van der Waals surface area (Å²) >= 11 is 0. The highest BCUT2D eigenvalue weighted by Gasteiger charge is 2.45. The van der Waals surface area contributed by atoms with Gasteiger partial charge in [0, 0.05) is 34.5 Å². The SMILES string of the molecule is CC[C@@]1(O)C(=O)OCc2c1cc1n(c2=O)Cc2cc3c(Cn4ccnc4)c(O)ccc3nc2-1. The maximum atomic E-state index is 13.3. The molecule has 0 radical (unpaired) electrons. The normalized spacial score (nSPS) is 18.7. The van der Waals surface area contributed by atoms with Crippen molar-refractivity contribution in [3.8, 4) is 17.1 Å². The quantitative estimate of drug-likeness (QED) is 0.409. The molecule has 9 nitrogen and oxygen atoms in total. The molecule has 0 spiro atoms. The number of ether oxygens (including phenoxy) is 1. The number of phenols is 1. The molecule has 1 atom stereocenters. The van der Waals surface area contributed by atoms with Crippen LogP contribution >= 0.6 is 0 Å². The number of esters is 1. The van der Waals surface area contributed by atoms with Crippen LogP contribution in [-0.4, -0.2) is 35.3 Å². The van der Waals surface area contributed by atoms with Crippen molar-refractivity contribution in [2.75, 3.05) is 0 Å². The average Bonchev–Trinajstić information content (AvgIpc) is 3.45. The van der Waals surface area contributed by atoms with E-state index < -0.39 is 11.6 Å². The highest BCUT2D eigenvalue weighted by Crippen LogP contribution is 2.39. The van der Waals surface area contributed by atoms with E-state index in [-0.39, 0.29) is 24.3 Å². The van der Waals surface area contributed by atoms with Gasteiger partial charge in [0.05, 0.1) is 41.9 Å².